The van der Waals surface area contributed by atoms with Crippen LogP contribution in [0.3, 0.4) is 0 Å². The highest BCUT2D eigenvalue weighted by Crippen LogP contribution is 2.27. The van der Waals surface area contributed by atoms with Gasteiger partial charge in [0.2, 0.25) is 0 Å². The average molecular weight is 394 g/mol. The van der Waals surface area contributed by atoms with Crippen LogP contribution in [-0.2, 0) is 6.54 Å². The van der Waals surface area contributed by atoms with Gasteiger partial charge in [0.1, 0.15) is 5.82 Å². The highest BCUT2D eigenvalue weighted by Gasteiger charge is 2.31. The second kappa shape index (κ2) is 7.54. The Morgan fingerprint density at radius 1 is 1.28 bits per heavy atom. The van der Waals surface area contributed by atoms with E-state index < -0.39 is 0 Å². The molecule has 29 heavy (non-hydrogen) atoms. The molecule has 8 heteroatoms. The fourth-order valence-corrected chi connectivity index (χ4v) is 3.54. The predicted molar refractivity (Wildman–Crippen MR) is 110 cm³/mol. The second-order valence-electron chi connectivity index (χ2n) is 7.51. The molecule has 3 N–H and O–H groups in total. The van der Waals surface area contributed by atoms with Crippen molar-refractivity contribution in [2.24, 2.45) is 5.92 Å². The van der Waals surface area contributed by atoms with E-state index in [2.05, 4.69) is 15.3 Å². The van der Waals surface area contributed by atoms with Gasteiger partial charge in [0.25, 0.3) is 0 Å². The molecule has 0 aliphatic carbocycles. The maximum atomic E-state index is 13.4. The Labute approximate surface area is 168 Å². The first-order valence-corrected chi connectivity index (χ1v) is 9.46. The first kappa shape index (κ1) is 18.9. The number of benzene rings is 1. The van der Waals surface area contributed by atoms with Crippen LogP contribution in [0.2, 0.25) is 0 Å². The number of halogens is 1. The van der Waals surface area contributed by atoms with Gasteiger partial charge in [0.15, 0.2) is 5.82 Å². The molecule has 0 atom stereocenters. The number of amides is 2. The molecule has 3 heterocycles. The Bertz CT molecular complexity index is 1060. The zero-order valence-corrected chi connectivity index (χ0v) is 16.4. The van der Waals surface area contributed by atoms with Crippen molar-refractivity contribution in [3.8, 4) is 11.3 Å². The van der Waals surface area contributed by atoms with Gasteiger partial charge in [-0.1, -0.05) is 0 Å². The fourth-order valence-electron chi connectivity index (χ4n) is 3.54. The number of urea groups is 1. The predicted octanol–water partition coefficient (Wildman–Crippen LogP) is 3.45. The molecule has 1 aliphatic rings. The Hall–Kier alpha value is -3.42. The number of rotatable bonds is 4. The van der Waals surface area contributed by atoms with Gasteiger partial charge in [-0.3, -0.25) is 5.32 Å². The molecule has 1 saturated heterocycles. The van der Waals surface area contributed by atoms with Crippen molar-refractivity contribution in [2.75, 3.05) is 24.1 Å². The van der Waals surface area contributed by atoms with Crippen molar-refractivity contribution in [3.63, 3.8) is 0 Å². The van der Waals surface area contributed by atoms with Crippen LogP contribution in [-0.4, -0.2) is 38.6 Å². The number of nitrogens with one attached hydrogen (secondary N) is 1. The van der Waals surface area contributed by atoms with Crippen LogP contribution in [0.15, 0.2) is 42.9 Å². The number of nitrogens with zero attached hydrogens (tertiary/aromatic N) is 4. The lowest BCUT2D eigenvalue weighted by Gasteiger charge is -2.39. The standard InChI is InChI=1S/C21H23FN6O/c1-13-7-16(22)3-4-17(13)19-6-5-18(23)20(25-19)26-21(29)28-10-15(11-28)9-27-8-14(2)24-12-27/h3-8,12,15H,9-11,23H2,1-2H3,(H,25,26,29). The zero-order chi connectivity index (χ0) is 20.5. The van der Waals surface area contributed by atoms with Gasteiger partial charge in [-0.2, -0.15) is 0 Å². The summed E-state index contributed by atoms with van der Waals surface area (Å²) in [6.07, 6.45) is 3.81. The number of hydrogen-bond acceptors (Lipinski definition) is 4. The minimum absolute atomic E-state index is 0.227. The summed E-state index contributed by atoms with van der Waals surface area (Å²) < 4.78 is 15.4. The van der Waals surface area contributed by atoms with Gasteiger partial charge in [0, 0.05) is 37.3 Å². The third-order valence-corrected chi connectivity index (χ3v) is 5.09. The largest absolute Gasteiger partial charge is 0.396 e. The van der Waals surface area contributed by atoms with E-state index in [0.29, 0.717) is 36.2 Å². The van der Waals surface area contributed by atoms with Crippen LogP contribution < -0.4 is 11.1 Å². The lowest BCUT2D eigenvalue weighted by Crippen LogP contribution is -2.53. The maximum absolute atomic E-state index is 13.4. The van der Waals surface area contributed by atoms with Crippen LogP contribution in [0.25, 0.3) is 11.3 Å². The Morgan fingerprint density at radius 3 is 2.76 bits per heavy atom. The van der Waals surface area contributed by atoms with Gasteiger partial charge in [-0.25, -0.2) is 19.2 Å². The number of carbonyl (C=O) groups is 1. The summed E-state index contributed by atoms with van der Waals surface area (Å²) in [6.45, 7) is 5.94. The van der Waals surface area contributed by atoms with Crippen molar-refractivity contribution in [1.29, 1.82) is 0 Å². The highest BCUT2D eigenvalue weighted by atomic mass is 19.1. The van der Waals surface area contributed by atoms with Crippen LogP contribution in [0.4, 0.5) is 20.7 Å². The Morgan fingerprint density at radius 2 is 2.07 bits per heavy atom. The molecular weight excluding hydrogens is 371 g/mol. The van der Waals surface area contributed by atoms with Crippen LogP contribution in [0.1, 0.15) is 11.3 Å². The zero-order valence-electron chi connectivity index (χ0n) is 16.4. The van der Waals surface area contributed by atoms with E-state index in [9.17, 15) is 9.18 Å². The molecule has 7 nitrogen and oxygen atoms in total. The van der Waals surface area contributed by atoms with E-state index in [4.69, 9.17) is 5.73 Å². The van der Waals surface area contributed by atoms with Gasteiger partial charge >= 0.3 is 6.03 Å². The number of carbonyl (C=O) groups excluding carboxylic acids is 1. The van der Waals surface area contributed by atoms with Crippen LogP contribution in [0, 0.1) is 25.6 Å². The molecule has 0 bridgehead atoms. The number of likely N-dealkylation sites (tertiary alicyclic amines) is 1. The van der Waals surface area contributed by atoms with Gasteiger partial charge in [-0.05, 0) is 49.7 Å². The van der Waals surface area contributed by atoms with E-state index in [1.54, 1.807) is 23.1 Å². The van der Waals surface area contributed by atoms with Crippen molar-refractivity contribution in [1.82, 2.24) is 19.4 Å². The van der Waals surface area contributed by atoms with Crippen LogP contribution in [0.5, 0.6) is 0 Å². The van der Waals surface area contributed by atoms with E-state index >= 15 is 0 Å². The van der Waals surface area contributed by atoms with Crippen LogP contribution >= 0.6 is 0 Å². The van der Waals surface area contributed by atoms with Crippen molar-refractivity contribution >= 4 is 17.5 Å². The van der Waals surface area contributed by atoms with Crippen molar-refractivity contribution < 1.29 is 9.18 Å². The van der Waals surface area contributed by atoms with Gasteiger partial charge in [-0.15, -0.1) is 0 Å². The van der Waals surface area contributed by atoms with Gasteiger partial charge < -0.3 is 15.2 Å². The smallest absolute Gasteiger partial charge is 0.323 e. The number of imidazole rings is 1. The van der Waals surface area contributed by atoms with E-state index in [1.807, 2.05) is 30.9 Å². The molecule has 150 valence electrons. The normalized spacial score (nSPS) is 14.0. The Kier molecular flexibility index (Phi) is 4.92. The number of aryl methyl sites for hydroxylation is 2. The number of hydrogen-bond donors (Lipinski definition) is 2. The molecule has 2 amide bonds. The quantitative estimate of drug-likeness (QED) is 0.709. The first-order valence-electron chi connectivity index (χ1n) is 9.46. The number of aromatic nitrogens is 3. The minimum atomic E-state index is -0.298. The molecule has 1 aliphatic heterocycles. The molecule has 1 aromatic carbocycles. The molecular formula is C21H23FN6O. The molecule has 4 rings (SSSR count). The van der Waals surface area contributed by atoms with E-state index in [1.165, 1.54) is 12.1 Å². The summed E-state index contributed by atoms with van der Waals surface area (Å²) in [4.78, 5) is 23.0. The second-order valence-corrected chi connectivity index (χ2v) is 7.51. The molecule has 0 saturated carbocycles. The fraction of sp³-hybridized carbons (Fsp3) is 0.286. The van der Waals surface area contributed by atoms with E-state index in [-0.39, 0.29) is 11.8 Å². The molecule has 0 radical (unpaired) electrons. The molecule has 0 spiro atoms. The molecule has 1 fully saturated rings. The lowest BCUT2D eigenvalue weighted by molar-refractivity contribution is 0.120. The summed E-state index contributed by atoms with van der Waals surface area (Å²) >= 11 is 0. The molecule has 2 aromatic heterocycles. The summed E-state index contributed by atoms with van der Waals surface area (Å²) in [5.74, 6) is 0.408. The lowest BCUT2D eigenvalue weighted by atomic mass is 10.0. The average Bonchev–Trinajstić information content (AvgIpc) is 3.05. The molecule has 0 unspecified atom stereocenters. The molecule has 3 aromatic rings. The topological polar surface area (TPSA) is 89.1 Å². The Balaban J connectivity index is 1.41. The summed E-state index contributed by atoms with van der Waals surface area (Å²) in [6, 6.07) is 7.75. The SMILES string of the molecule is Cc1cn(CC2CN(C(=O)Nc3nc(-c4ccc(F)cc4C)ccc3N)C2)cn1. The first-order chi connectivity index (χ1) is 13.9. The maximum Gasteiger partial charge on any atom is 0.323 e. The van der Waals surface area contributed by atoms with Crippen molar-refractivity contribution in [3.05, 3.63) is 59.9 Å². The number of nitrogen functional groups attached to an aromatic ring is 1. The van der Waals surface area contributed by atoms with Crippen molar-refractivity contribution in [2.45, 2.75) is 20.4 Å². The number of anilines is 2. The van der Waals surface area contributed by atoms with E-state index in [0.717, 1.165) is 23.4 Å². The summed E-state index contributed by atoms with van der Waals surface area (Å²) in [5.41, 5.74) is 9.55. The third kappa shape index (κ3) is 4.06. The highest BCUT2D eigenvalue weighted by molar-refractivity contribution is 5.92. The monoisotopic (exact) mass is 394 g/mol. The number of nitrogens with two attached hydrogens (primary N) is 1. The summed E-state index contributed by atoms with van der Waals surface area (Å²) in [7, 11) is 0. The summed E-state index contributed by atoms with van der Waals surface area (Å²) in [5, 5.41) is 2.80. The number of pyridine rings is 1. The third-order valence-electron chi connectivity index (χ3n) is 5.09. The minimum Gasteiger partial charge on any atom is -0.396 e. The van der Waals surface area contributed by atoms with Gasteiger partial charge in [0.05, 0.1) is 23.4 Å².